The molecular weight excluding hydrogens is 319 g/mol. The van der Waals surface area contributed by atoms with Crippen LogP contribution in [0.2, 0.25) is 0 Å². The third-order valence-electron chi connectivity index (χ3n) is 3.90. The molecule has 0 saturated heterocycles. The highest BCUT2D eigenvalue weighted by molar-refractivity contribution is 6.48. The number of hydrogen-bond acceptors (Lipinski definition) is 2. The monoisotopic (exact) mass is 350 g/mol. The minimum atomic E-state index is -0.720. The predicted octanol–water partition coefficient (Wildman–Crippen LogP) is 6.45. The molecule has 0 spiro atoms. The first-order valence-corrected chi connectivity index (χ1v) is 9.25. The van der Waals surface area contributed by atoms with Gasteiger partial charge in [0.2, 0.25) is 0 Å². The van der Waals surface area contributed by atoms with Gasteiger partial charge in [-0.15, -0.1) is 23.2 Å². The summed E-state index contributed by atoms with van der Waals surface area (Å²) in [5.41, 5.74) is 0.433. The zero-order chi connectivity index (χ0) is 17.0. The fourth-order valence-corrected chi connectivity index (χ4v) is 2.88. The first-order valence-electron chi connectivity index (χ1n) is 8.49. The van der Waals surface area contributed by atoms with Gasteiger partial charge in [-0.2, -0.15) is 0 Å². The smallest absolute Gasteiger partial charge is 0.333 e. The van der Waals surface area contributed by atoms with Crippen molar-refractivity contribution in [3.05, 3.63) is 12.2 Å². The van der Waals surface area contributed by atoms with Crippen molar-refractivity contribution >= 4 is 29.2 Å². The van der Waals surface area contributed by atoms with Crippen LogP contribution in [0.15, 0.2) is 12.2 Å². The Morgan fingerprint density at radius 3 is 2.18 bits per heavy atom. The zero-order valence-electron chi connectivity index (χ0n) is 14.4. The van der Waals surface area contributed by atoms with Gasteiger partial charge in [0.1, 0.15) is 4.33 Å². The molecule has 0 aliphatic rings. The van der Waals surface area contributed by atoms with E-state index >= 15 is 0 Å². The molecule has 0 heterocycles. The first kappa shape index (κ1) is 21.8. The van der Waals surface area contributed by atoms with Crippen LogP contribution in [0.25, 0.3) is 0 Å². The second-order valence-corrected chi connectivity index (χ2v) is 8.03. The molecule has 0 aromatic heterocycles. The summed E-state index contributed by atoms with van der Waals surface area (Å²) < 4.78 is 4.39. The molecule has 0 N–H and O–H groups in total. The third kappa shape index (κ3) is 11.4. The molecule has 0 amide bonds. The van der Waals surface area contributed by atoms with Crippen LogP contribution in [-0.2, 0) is 9.53 Å². The molecule has 1 unspecified atom stereocenters. The topological polar surface area (TPSA) is 26.3 Å². The van der Waals surface area contributed by atoms with Gasteiger partial charge in [-0.05, 0) is 39.0 Å². The van der Waals surface area contributed by atoms with Gasteiger partial charge < -0.3 is 4.74 Å². The molecule has 1 atom stereocenters. The van der Waals surface area contributed by atoms with E-state index in [4.69, 9.17) is 27.9 Å². The number of ether oxygens (including phenoxy) is 1. The van der Waals surface area contributed by atoms with E-state index in [1.165, 1.54) is 32.1 Å². The summed E-state index contributed by atoms with van der Waals surface area (Å²) in [6.45, 7) is 9.70. The third-order valence-corrected chi connectivity index (χ3v) is 4.52. The molecule has 0 saturated carbocycles. The van der Waals surface area contributed by atoms with Crippen LogP contribution in [0.1, 0.15) is 78.6 Å². The Hall–Kier alpha value is -0.210. The van der Waals surface area contributed by atoms with E-state index in [0.717, 1.165) is 25.7 Å². The van der Waals surface area contributed by atoms with Crippen LogP contribution >= 0.6 is 23.2 Å². The van der Waals surface area contributed by atoms with Crippen LogP contribution < -0.4 is 0 Å². The number of alkyl halides is 2. The molecule has 2 nitrogen and oxygen atoms in total. The van der Waals surface area contributed by atoms with Crippen molar-refractivity contribution in [3.8, 4) is 0 Å². The first-order chi connectivity index (χ1) is 10.3. The average Bonchev–Trinajstić information content (AvgIpc) is 2.42. The molecule has 22 heavy (non-hydrogen) atoms. The summed E-state index contributed by atoms with van der Waals surface area (Å²) in [6, 6.07) is 0. The molecule has 4 heteroatoms. The van der Waals surface area contributed by atoms with Crippen LogP contribution in [0, 0.1) is 5.92 Å². The van der Waals surface area contributed by atoms with Gasteiger partial charge in [0, 0.05) is 5.57 Å². The lowest BCUT2D eigenvalue weighted by atomic mass is 9.92. The van der Waals surface area contributed by atoms with Crippen molar-refractivity contribution in [2.45, 2.75) is 82.9 Å². The van der Waals surface area contributed by atoms with Gasteiger partial charge >= 0.3 is 5.97 Å². The second-order valence-electron chi connectivity index (χ2n) is 6.27. The van der Waals surface area contributed by atoms with E-state index in [0.29, 0.717) is 12.2 Å². The highest BCUT2D eigenvalue weighted by Gasteiger charge is 2.28. The highest BCUT2D eigenvalue weighted by atomic mass is 35.5. The molecule has 0 aromatic rings. The standard InChI is InChI=1S/C18H32Cl2O2/c1-5-6-7-8-9-10-12-16(18(4,19)20)13-11-14-22-17(21)15(2)3/h16H,2,5-14H2,1,3-4H3. The van der Waals surface area contributed by atoms with Crippen LogP contribution in [-0.4, -0.2) is 16.9 Å². The molecule has 0 aliphatic carbocycles. The normalized spacial score (nSPS) is 13.0. The summed E-state index contributed by atoms with van der Waals surface area (Å²) in [5.74, 6) is -0.0856. The van der Waals surface area contributed by atoms with Gasteiger partial charge in [0.25, 0.3) is 0 Å². The predicted molar refractivity (Wildman–Crippen MR) is 96.6 cm³/mol. The van der Waals surface area contributed by atoms with E-state index in [9.17, 15) is 4.79 Å². The molecule has 0 bridgehead atoms. The number of carbonyl (C=O) groups is 1. The maximum Gasteiger partial charge on any atom is 0.333 e. The van der Waals surface area contributed by atoms with Crippen molar-refractivity contribution in [1.82, 2.24) is 0 Å². The fraction of sp³-hybridized carbons (Fsp3) is 0.833. The van der Waals surface area contributed by atoms with E-state index < -0.39 is 4.33 Å². The number of esters is 1. The minimum absolute atomic E-state index is 0.241. The maximum absolute atomic E-state index is 11.3. The quantitative estimate of drug-likeness (QED) is 0.165. The number of hydrogen-bond donors (Lipinski definition) is 0. The molecule has 0 aromatic carbocycles. The lowest BCUT2D eigenvalue weighted by Gasteiger charge is -2.26. The Morgan fingerprint density at radius 1 is 1.09 bits per heavy atom. The zero-order valence-corrected chi connectivity index (χ0v) is 15.9. The molecular formula is C18H32Cl2O2. The molecule has 0 fully saturated rings. The molecule has 0 rings (SSSR count). The van der Waals surface area contributed by atoms with Gasteiger partial charge in [-0.3, -0.25) is 0 Å². The Morgan fingerprint density at radius 2 is 1.64 bits per heavy atom. The highest BCUT2D eigenvalue weighted by Crippen LogP contribution is 2.36. The lowest BCUT2D eigenvalue weighted by molar-refractivity contribution is -0.139. The van der Waals surface area contributed by atoms with E-state index in [1.807, 2.05) is 6.92 Å². The van der Waals surface area contributed by atoms with Crippen LogP contribution in [0.4, 0.5) is 0 Å². The van der Waals surface area contributed by atoms with E-state index in [-0.39, 0.29) is 11.9 Å². The van der Waals surface area contributed by atoms with Crippen molar-refractivity contribution in [2.24, 2.45) is 5.92 Å². The Kier molecular flexibility index (Phi) is 12.1. The minimum Gasteiger partial charge on any atom is -0.462 e. The second kappa shape index (κ2) is 12.2. The van der Waals surface area contributed by atoms with Crippen molar-refractivity contribution < 1.29 is 9.53 Å². The van der Waals surface area contributed by atoms with Gasteiger partial charge in [0.05, 0.1) is 6.61 Å². The largest absolute Gasteiger partial charge is 0.462 e. The summed E-state index contributed by atoms with van der Waals surface area (Å²) in [5, 5.41) is 0. The van der Waals surface area contributed by atoms with Gasteiger partial charge in [-0.25, -0.2) is 4.79 Å². The van der Waals surface area contributed by atoms with Crippen molar-refractivity contribution in [2.75, 3.05) is 6.61 Å². The van der Waals surface area contributed by atoms with Crippen molar-refractivity contribution in [1.29, 1.82) is 0 Å². The SMILES string of the molecule is C=C(C)C(=O)OCCCC(CCCCCCCC)C(C)(Cl)Cl. The number of rotatable bonds is 13. The Labute approximate surface area is 146 Å². The molecule has 0 aliphatic heterocycles. The Balaban J connectivity index is 3.94. The maximum atomic E-state index is 11.3. The molecule has 130 valence electrons. The summed E-state index contributed by atoms with van der Waals surface area (Å²) in [4.78, 5) is 11.3. The van der Waals surface area contributed by atoms with Gasteiger partial charge in [-0.1, -0.05) is 52.0 Å². The Bertz CT molecular complexity index is 322. The summed E-state index contributed by atoms with van der Waals surface area (Å²) >= 11 is 12.6. The fourth-order valence-electron chi connectivity index (χ4n) is 2.44. The van der Waals surface area contributed by atoms with E-state index in [1.54, 1.807) is 6.92 Å². The lowest BCUT2D eigenvalue weighted by Crippen LogP contribution is -2.22. The number of carbonyl (C=O) groups excluding carboxylic acids is 1. The van der Waals surface area contributed by atoms with Crippen LogP contribution in [0.5, 0.6) is 0 Å². The van der Waals surface area contributed by atoms with Gasteiger partial charge in [0.15, 0.2) is 0 Å². The molecule has 0 radical (unpaired) electrons. The van der Waals surface area contributed by atoms with Crippen LogP contribution in [0.3, 0.4) is 0 Å². The summed E-state index contributed by atoms with van der Waals surface area (Å²) in [7, 11) is 0. The average molecular weight is 351 g/mol. The summed E-state index contributed by atoms with van der Waals surface area (Å²) in [6.07, 6.45) is 10.3. The van der Waals surface area contributed by atoms with Crippen molar-refractivity contribution in [3.63, 3.8) is 0 Å². The number of unbranched alkanes of at least 4 members (excludes halogenated alkanes) is 5. The van der Waals surface area contributed by atoms with E-state index in [2.05, 4.69) is 13.5 Å². The number of halogens is 2.